The number of rotatable bonds is 2. The van der Waals surface area contributed by atoms with E-state index < -0.39 is 0 Å². The van der Waals surface area contributed by atoms with Gasteiger partial charge >= 0.3 is 0 Å². The second kappa shape index (κ2) is 4.11. The number of hydrogen-bond acceptors (Lipinski definition) is 2. The number of aliphatic hydroxyl groups is 1. The van der Waals surface area contributed by atoms with E-state index in [9.17, 15) is 5.11 Å². The first-order valence-electron chi connectivity index (χ1n) is 5.17. The molecule has 0 aromatic carbocycles. The van der Waals surface area contributed by atoms with E-state index in [2.05, 4.69) is 19.9 Å². The molecule has 0 heterocycles. The van der Waals surface area contributed by atoms with Gasteiger partial charge < -0.3 is 5.11 Å². The summed E-state index contributed by atoms with van der Waals surface area (Å²) in [4.78, 5) is 0. The van der Waals surface area contributed by atoms with Gasteiger partial charge in [0.2, 0.25) is 0 Å². The third-order valence-electron chi connectivity index (χ3n) is 2.95. The Kier molecular flexibility index (Phi) is 3.33. The second-order valence-electron chi connectivity index (χ2n) is 4.72. The Bertz CT molecular complexity index is 197. The molecule has 74 valence electrons. The van der Waals surface area contributed by atoms with Crippen molar-refractivity contribution in [2.45, 2.75) is 52.1 Å². The summed E-state index contributed by atoms with van der Waals surface area (Å²) in [6.07, 6.45) is 4.19. The minimum atomic E-state index is -0.159. The Labute approximate surface area is 80.6 Å². The van der Waals surface area contributed by atoms with Crippen LogP contribution in [0.5, 0.6) is 0 Å². The summed E-state index contributed by atoms with van der Waals surface area (Å²) in [6.45, 7) is 4.31. The highest BCUT2D eigenvalue weighted by Crippen LogP contribution is 2.40. The highest BCUT2D eigenvalue weighted by atomic mass is 16.3. The SMILES string of the molecule is CC(C)C[C@]1(C#N)CC[C@@H](O)CC1. The summed E-state index contributed by atoms with van der Waals surface area (Å²) < 4.78 is 0. The number of nitrogens with zero attached hydrogens (tertiary/aromatic N) is 1. The van der Waals surface area contributed by atoms with Crippen LogP contribution in [0.4, 0.5) is 0 Å². The van der Waals surface area contributed by atoms with Gasteiger partial charge in [0.15, 0.2) is 0 Å². The van der Waals surface area contributed by atoms with Crippen molar-refractivity contribution in [3.05, 3.63) is 0 Å². The van der Waals surface area contributed by atoms with Crippen LogP contribution in [0, 0.1) is 22.7 Å². The quantitative estimate of drug-likeness (QED) is 0.711. The summed E-state index contributed by atoms with van der Waals surface area (Å²) >= 11 is 0. The highest BCUT2D eigenvalue weighted by molar-refractivity contribution is 5.01. The number of nitriles is 1. The summed E-state index contributed by atoms with van der Waals surface area (Å²) in [6, 6.07) is 2.46. The maximum Gasteiger partial charge on any atom is 0.0689 e. The highest BCUT2D eigenvalue weighted by Gasteiger charge is 2.35. The molecule has 0 bridgehead atoms. The fourth-order valence-electron chi connectivity index (χ4n) is 2.30. The summed E-state index contributed by atoms with van der Waals surface area (Å²) in [5.41, 5.74) is -0.132. The molecule has 1 rings (SSSR count). The predicted molar refractivity (Wildman–Crippen MR) is 52.0 cm³/mol. The minimum Gasteiger partial charge on any atom is -0.393 e. The van der Waals surface area contributed by atoms with Gasteiger partial charge in [-0.15, -0.1) is 0 Å². The van der Waals surface area contributed by atoms with Crippen LogP contribution in [-0.2, 0) is 0 Å². The Hall–Kier alpha value is -0.550. The van der Waals surface area contributed by atoms with Crippen molar-refractivity contribution in [2.75, 3.05) is 0 Å². The maximum absolute atomic E-state index is 9.36. The largest absolute Gasteiger partial charge is 0.393 e. The molecule has 2 heteroatoms. The van der Waals surface area contributed by atoms with Gasteiger partial charge in [0.05, 0.1) is 17.6 Å². The first kappa shape index (κ1) is 10.5. The fraction of sp³-hybridized carbons (Fsp3) is 0.909. The Morgan fingerprint density at radius 1 is 1.46 bits per heavy atom. The minimum absolute atomic E-state index is 0.132. The van der Waals surface area contributed by atoms with Gasteiger partial charge in [-0.25, -0.2) is 0 Å². The van der Waals surface area contributed by atoms with Crippen molar-refractivity contribution < 1.29 is 5.11 Å². The van der Waals surface area contributed by atoms with Crippen LogP contribution in [0.2, 0.25) is 0 Å². The smallest absolute Gasteiger partial charge is 0.0689 e. The molecule has 0 saturated heterocycles. The first-order chi connectivity index (χ1) is 6.08. The van der Waals surface area contributed by atoms with Gasteiger partial charge in [0.1, 0.15) is 0 Å². The monoisotopic (exact) mass is 181 g/mol. The van der Waals surface area contributed by atoms with E-state index in [0.717, 1.165) is 32.1 Å². The van der Waals surface area contributed by atoms with Crippen molar-refractivity contribution in [2.24, 2.45) is 11.3 Å². The molecule has 1 N–H and O–H groups in total. The lowest BCUT2D eigenvalue weighted by atomic mass is 9.70. The average Bonchev–Trinajstić information content (AvgIpc) is 2.09. The molecule has 0 atom stereocenters. The third-order valence-corrected chi connectivity index (χ3v) is 2.95. The molecule has 0 aromatic heterocycles. The van der Waals surface area contributed by atoms with Crippen LogP contribution >= 0.6 is 0 Å². The summed E-state index contributed by atoms with van der Waals surface area (Å²) in [7, 11) is 0. The molecule has 0 radical (unpaired) electrons. The van der Waals surface area contributed by atoms with Crippen LogP contribution in [0.1, 0.15) is 46.0 Å². The molecule has 0 unspecified atom stereocenters. The fourth-order valence-corrected chi connectivity index (χ4v) is 2.30. The number of aliphatic hydroxyl groups excluding tert-OH is 1. The van der Waals surface area contributed by atoms with Crippen molar-refractivity contribution in [1.29, 1.82) is 5.26 Å². The van der Waals surface area contributed by atoms with E-state index in [1.807, 2.05) is 0 Å². The summed E-state index contributed by atoms with van der Waals surface area (Å²) in [5.74, 6) is 0.579. The lowest BCUT2D eigenvalue weighted by Gasteiger charge is -2.34. The molecule has 2 nitrogen and oxygen atoms in total. The van der Waals surface area contributed by atoms with Crippen LogP contribution in [0.25, 0.3) is 0 Å². The predicted octanol–water partition coefficient (Wildman–Crippen LogP) is 2.48. The molecule has 0 aliphatic heterocycles. The Morgan fingerprint density at radius 3 is 2.38 bits per heavy atom. The van der Waals surface area contributed by atoms with Gasteiger partial charge in [-0.2, -0.15) is 5.26 Å². The van der Waals surface area contributed by atoms with Gasteiger partial charge in [-0.1, -0.05) is 13.8 Å². The van der Waals surface area contributed by atoms with E-state index in [1.165, 1.54) is 0 Å². The zero-order chi connectivity index (χ0) is 9.90. The van der Waals surface area contributed by atoms with Gasteiger partial charge in [0, 0.05) is 0 Å². The average molecular weight is 181 g/mol. The molecule has 0 amide bonds. The van der Waals surface area contributed by atoms with E-state index >= 15 is 0 Å². The molecule has 0 spiro atoms. The molecule has 1 aliphatic carbocycles. The molecule has 1 saturated carbocycles. The molecular formula is C11H19NO. The zero-order valence-electron chi connectivity index (χ0n) is 8.58. The van der Waals surface area contributed by atoms with E-state index in [1.54, 1.807) is 0 Å². The number of hydrogen-bond donors (Lipinski definition) is 1. The molecule has 1 aliphatic rings. The second-order valence-corrected chi connectivity index (χ2v) is 4.72. The Morgan fingerprint density at radius 2 is 2.00 bits per heavy atom. The molecule has 13 heavy (non-hydrogen) atoms. The van der Waals surface area contributed by atoms with Gasteiger partial charge in [0.25, 0.3) is 0 Å². The lowest BCUT2D eigenvalue weighted by molar-refractivity contribution is 0.0781. The lowest BCUT2D eigenvalue weighted by Crippen LogP contribution is -2.29. The normalized spacial score (nSPS) is 34.5. The van der Waals surface area contributed by atoms with Crippen molar-refractivity contribution in [3.8, 4) is 6.07 Å². The molecule has 1 fully saturated rings. The van der Waals surface area contributed by atoms with Crippen molar-refractivity contribution in [1.82, 2.24) is 0 Å². The van der Waals surface area contributed by atoms with Crippen LogP contribution < -0.4 is 0 Å². The zero-order valence-corrected chi connectivity index (χ0v) is 8.58. The maximum atomic E-state index is 9.36. The standard InChI is InChI=1S/C11H19NO/c1-9(2)7-11(8-12)5-3-10(13)4-6-11/h9-10,13H,3-7H2,1-2H3/t10-,11+. The van der Waals surface area contributed by atoms with E-state index in [-0.39, 0.29) is 11.5 Å². The first-order valence-corrected chi connectivity index (χ1v) is 5.17. The van der Waals surface area contributed by atoms with Crippen LogP contribution in [-0.4, -0.2) is 11.2 Å². The molecular weight excluding hydrogens is 162 g/mol. The van der Waals surface area contributed by atoms with E-state index in [0.29, 0.717) is 5.92 Å². The third kappa shape index (κ3) is 2.70. The topological polar surface area (TPSA) is 44.0 Å². The van der Waals surface area contributed by atoms with Gasteiger partial charge in [-0.3, -0.25) is 0 Å². The van der Waals surface area contributed by atoms with Crippen LogP contribution in [0.3, 0.4) is 0 Å². The van der Waals surface area contributed by atoms with E-state index in [4.69, 9.17) is 5.26 Å². The summed E-state index contributed by atoms with van der Waals surface area (Å²) in [5, 5.41) is 18.5. The molecule has 0 aromatic rings. The van der Waals surface area contributed by atoms with Gasteiger partial charge in [-0.05, 0) is 38.0 Å². The van der Waals surface area contributed by atoms with Crippen LogP contribution in [0.15, 0.2) is 0 Å². The Balaban J connectivity index is 2.57. The van der Waals surface area contributed by atoms with Crippen molar-refractivity contribution in [3.63, 3.8) is 0 Å². The van der Waals surface area contributed by atoms with Crippen molar-refractivity contribution >= 4 is 0 Å².